The Balaban J connectivity index is 0.00000190. The summed E-state index contributed by atoms with van der Waals surface area (Å²) in [6.45, 7) is 13.7. The Morgan fingerprint density at radius 2 is 1.64 bits per heavy atom. The maximum absolute atomic E-state index is 12.8. The minimum atomic E-state index is -0.514. The predicted octanol–water partition coefficient (Wildman–Crippen LogP) is 1.47. The molecule has 2 aliphatic rings. The van der Waals surface area contributed by atoms with E-state index in [1.54, 1.807) is 11.8 Å². The fourth-order valence-corrected chi connectivity index (χ4v) is 3.81. The zero-order chi connectivity index (χ0) is 21.5. The van der Waals surface area contributed by atoms with Gasteiger partial charge in [-0.2, -0.15) is 0 Å². The standard InChI is InChI=1S/C18H31N3O5.C2H6/c1-12(15(5-6-22)19-11-23)16(24)20-7-13-9-21(10-14(13)8-20)17(25)26-18(2,3)4;1-2/h11-15,22H,5-10H2,1-4H3,(H,19,23);1-2H3. The Labute approximate surface area is 168 Å². The van der Waals surface area contributed by atoms with E-state index in [1.165, 1.54) is 0 Å². The van der Waals surface area contributed by atoms with Crippen LogP contribution in [0.1, 0.15) is 48.0 Å². The van der Waals surface area contributed by atoms with E-state index in [0.717, 1.165) is 0 Å². The number of rotatable bonds is 6. The van der Waals surface area contributed by atoms with Crippen LogP contribution in [0.15, 0.2) is 0 Å². The average molecular weight is 400 g/mol. The molecule has 0 aromatic carbocycles. The van der Waals surface area contributed by atoms with Crippen molar-refractivity contribution in [1.82, 2.24) is 15.1 Å². The van der Waals surface area contributed by atoms with Crippen LogP contribution < -0.4 is 5.32 Å². The van der Waals surface area contributed by atoms with Gasteiger partial charge in [0.05, 0.1) is 5.92 Å². The molecule has 8 heteroatoms. The van der Waals surface area contributed by atoms with E-state index in [1.807, 2.05) is 39.5 Å². The molecular formula is C20H37N3O5. The van der Waals surface area contributed by atoms with Crippen LogP contribution in [0.25, 0.3) is 0 Å². The molecule has 2 rings (SSSR count). The van der Waals surface area contributed by atoms with Gasteiger partial charge in [0, 0.05) is 50.7 Å². The first-order valence-electron chi connectivity index (χ1n) is 10.2. The fraction of sp³-hybridized carbons (Fsp3) is 0.850. The summed E-state index contributed by atoms with van der Waals surface area (Å²) < 4.78 is 5.43. The van der Waals surface area contributed by atoms with Gasteiger partial charge in [-0.25, -0.2) is 4.79 Å². The molecule has 2 heterocycles. The minimum Gasteiger partial charge on any atom is -0.444 e. The number of carbonyl (C=O) groups is 3. The van der Waals surface area contributed by atoms with Crippen LogP contribution in [0.5, 0.6) is 0 Å². The van der Waals surface area contributed by atoms with Crippen LogP contribution in [0.2, 0.25) is 0 Å². The molecule has 2 fully saturated rings. The summed E-state index contributed by atoms with van der Waals surface area (Å²) in [4.78, 5) is 39.2. The van der Waals surface area contributed by atoms with E-state index >= 15 is 0 Å². The zero-order valence-corrected chi connectivity index (χ0v) is 18.1. The average Bonchev–Trinajstić information content (AvgIpc) is 3.19. The van der Waals surface area contributed by atoms with Gasteiger partial charge in [-0.1, -0.05) is 20.8 Å². The molecule has 2 aliphatic heterocycles. The van der Waals surface area contributed by atoms with Gasteiger partial charge in [-0.3, -0.25) is 9.59 Å². The summed E-state index contributed by atoms with van der Waals surface area (Å²) in [5, 5.41) is 11.7. The van der Waals surface area contributed by atoms with Crippen molar-refractivity contribution < 1.29 is 24.2 Å². The molecule has 0 bridgehead atoms. The Morgan fingerprint density at radius 1 is 1.14 bits per heavy atom. The smallest absolute Gasteiger partial charge is 0.410 e. The van der Waals surface area contributed by atoms with Gasteiger partial charge in [-0.05, 0) is 27.2 Å². The molecule has 2 saturated heterocycles. The summed E-state index contributed by atoms with van der Waals surface area (Å²) in [7, 11) is 0. The van der Waals surface area contributed by atoms with E-state index in [2.05, 4.69) is 5.32 Å². The molecule has 0 aliphatic carbocycles. The van der Waals surface area contributed by atoms with Crippen molar-refractivity contribution in [3.63, 3.8) is 0 Å². The Hall–Kier alpha value is -1.83. The number of aliphatic hydroxyl groups excluding tert-OH is 1. The largest absolute Gasteiger partial charge is 0.444 e. The number of carbonyl (C=O) groups excluding carboxylic acids is 3. The van der Waals surface area contributed by atoms with Gasteiger partial charge in [0.1, 0.15) is 5.60 Å². The van der Waals surface area contributed by atoms with Crippen LogP contribution >= 0.6 is 0 Å². The summed E-state index contributed by atoms with van der Waals surface area (Å²) in [6.07, 6.45) is 0.622. The summed E-state index contributed by atoms with van der Waals surface area (Å²) in [5.41, 5.74) is -0.514. The van der Waals surface area contributed by atoms with Gasteiger partial charge in [0.2, 0.25) is 12.3 Å². The SMILES string of the molecule is CC.CC(C(=O)N1CC2CN(C(=O)OC(C)(C)C)CC2C1)C(CCO)NC=O. The molecular weight excluding hydrogens is 362 g/mol. The second kappa shape index (κ2) is 10.6. The van der Waals surface area contributed by atoms with Crippen LogP contribution in [-0.4, -0.2) is 77.7 Å². The molecule has 162 valence electrons. The second-order valence-corrected chi connectivity index (χ2v) is 8.34. The Kier molecular flexibility index (Phi) is 9.20. The van der Waals surface area contributed by atoms with E-state index in [-0.39, 0.29) is 36.5 Å². The molecule has 0 aromatic rings. The van der Waals surface area contributed by atoms with Crippen molar-refractivity contribution in [3.05, 3.63) is 0 Å². The van der Waals surface area contributed by atoms with E-state index in [4.69, 9.17) is 9.84 Å². The van der Waals surface area contributed by atoms with Crippen LogP contribution in [-0.2, 0) is 14.3 Å². The molecule has 4 unspecified atom stereocenters. The third-order valence-electron chi connectivity index (χ3n) is 5.16. The maximum atomic E-state index is 12.8. The molecule has 0 aromatic heterocycles. The molecule has 0 saturated carbocycles. The predicted molar refractivity (Wildman–Crippen MR) is 107 cm³/mol. The van der Waals surface area contributed by atoms with Gasteiger partial charge < -0.3 is 25.0 Å². The molecule has 4 atom stereocenters. The van der Waals surface area contributed by atoms with Crippen LogP contribution in [0, 0.1) is 17.8 Å². The maximum Gasteiger partial charge on any atom is 0.410 e. The second-order valence-electron chi connectivity index (χ2n) is 8.34. The highest BCUT2D eigenvalue weighted by Gasteiger charge is 2.45. The summed E-state index contributed by atoms with van der Waals surface area (Å²) in [6, 6.07) is -0.372. The highest BCUT2D eigenvalue weighted by molar-refractivity contribution is 5.80. The zero-order valence-electron chi connectivity index (χ0n) is 18.1. The highest BCUT2D eigenvalue weighted by Crippen LogP contribution is 2.33. The third kappa shape index (κ3) is 6.36. The number of hydrogen-bond acceptors (Lipinski definition) is 5. The van der Waals surface area contributed by atoms with E-state index in [9.17, 15) is 14.4 Å². The van der Waals surface area contributed by atoms with Crippen LogP contribution in [0.4, 0.5) is 4.79 Å². The van der Waals surface area contributed by atoms with E-state index < -0.39 is 11.5 Å². The van der Waals surface area contributed by atoms with Crippen molar-refractivity contribution in [3.8, 4) is 0 Å². The normalized spacial score (nSPS) is 23.2. The van der Waals surface area contributed by atoms with Crippen molar-refractivity contribution in [2.45, 2.75) is 59.6 Å². The number of aliphatic hydroxyl groups is 1. The Bertz CT molecular complexity index is 520. The number of hydrogen-bond donors (Lipinski definition) is 2. The van der Waals surface area contributed by atoms with Gasteiger partial charge in [0.25, 0.3) is 0 Å². The lowest BCUT2D eigenvalue weighted by Crippen LogP contribution is -2.45. The van der Waals surface area contributed by atoms with Crippen molar-refractivity contribution in [2.75, 3.05) is 32.8 Å². The quantitative estimate of drug-likeness (QED) is 0.659. The Morgan fingerprint density at radius 3 is 2.07 bits per heavy atom. The number of likely N-dealkylation sites (tertiary alicyclic amines) is 2. The van der Waals surface area contributed by atoms with Crippen LogP contribution in [0.3, 0.4) is 0 Å². The number of nitrogens with zero attached hydrogens (tertiary/aromatic N) is 2. The number of ether oxygens (including phenoxy) is 1. The first kappa shape index (κ1) is 24.2. The molecule has 8 nitrogen and oxygen atoms in total. The lowest BCUT2D eigenvalue weighted by molar-refractivity contribution is -0.135. The van der Waals surface area contributed by atoms with Crippen molar-refractivity contribution >= 4 is 18.4 Å². The highest BCUT2D eigenvalue weighted by atomic mass is 16.6. The lowest BCUT2D eigenvalue weighted by atomic mass is 9.98. The summed E-state index contributed by atoms with van der Waals surface area (Å²) in [5.74, 6) is 0.104. The fourth-order valence-electron chi connectivity index (χ4n) is 3.81. The van der Waals surface area contributed by atoms with Gasteiger partial charge >= 0.3 is 6.09 Å². The van der Waals surface area contributed by atoms with Gasteiger partial charge in [-0.15, -0.1) is 0 Å². The molecule has 0 spiro atoms. The first-order valence-corrected chi connectivity index (χ1v) is 10.2. The molecule has 28 heavy (non-hydrogen) atoms. The number of nitrogens with one attached hydrogen (secondary N) is 1. The third-order valence-corrected chi connectivity index (χ3v) is 5.16. The van der Waals surface area contributed by atoms with Crippen molar-refractivity contribution in [2.24, 2.45) is 17.8 Å². The molecule has 0 radical (unpaired) electrons. The lowest BCUT2D eigenvalue weighted by Gasteiger charge is -2.28. The van der Waals surface area contributed by atoms with E-state index in [0.29, 0.717) is 39.0 Å². The van der Waals surface area contributed by atoms with Crippen molar-refractivity contribution in [1.29, 1.82) is 0 Å². The van der Waals surface area contributed by atoms with Gasteiger partial charge in [0.15, 0.2) is 0 Å². The molecule has 2 N–H and O–H groups in total. The summed E-state index contributed by atoms with van der Waals surface area (Å²) >= 11 is 0. The molecule has 3 amide bonds. The minimum absolute atomic E-state index is 0.0176. The first-order chi connectivity index (χ1) is 13.2. The topological polar surface area (TPSA) is 99.2 Å². The number of amides is 3. The number of fused-ring (bicyclic) bond motifs is 1. The monoisotopic (exact) mass is 399 g/mol.